The van der Waals surface area contributed by atoms with Crippen LogP contribution < -0.4 is 5.32 Å². The van der Waals surface area contributed by atoms with Crippen molar-refractivity contribution in [1.82, 2.24) is 0 Å². The van der Waals surface area contributed by atoms with Crippen LogP contribution in [0.5, 0.6) is 0 Å². The Kier molecular flexibility index (Phi) is 4.75. The number of hydrogen-bond donors (Lipinski definition) is 1. The Hall–Kier alpha value is -3.33. The fraction of sp³-hybridized carbons (Fsp3) is 0.125. The summed E-state index contributed by atoms with van der Waals surface area (Å²) in [5, 5.41) is 3.40. The third-order valence-corrected chi connectivity index (χ3v) is 4.89. The molecule has 134 valence electrons. The maximum Gasteiger partial charge on any atom is 0.184 e. The number of furan rings is 1. The molecule has 1 aliphatic rings. The number of anilines is 1. The van der Waals surface area contributed by atoms with Crippen molar-refractivity contribution in [2.45, 2.75) is 19.3 Å². The predicted octanol–water partition coefficient (Wildman–Crippen LogP) is 5.81. The molecule has 0 saturated heterocycles. The summed E-state index contributed by atoms with van der Waals surface area (Å²) in [6.07, 6.45) is 4.09. The highest BCUT2D eigenvalue weighted by Gasteiger charge is 2.30. The van der Waals surface area contributed by atoms with E-state index in [0.717, 1.165) is 40.3 Å². The Bertz CT molecular complexity index is 983. The molecule has 1 heterocycles. The minimum absolute atomic E-state index is 0.0139. The van der Waals surface area contributed by atoms with Gasteiger partial charge in [0.05, 0.1) is 6.26 Å². The summed E-state index contributed by atoms with van der Waals surface area (Å²) in [5.41, 5.74) is 4.74. The van der Waals surface area contributed by atoms with Crippen LogP contribution in [-0.4, -0.2) is 5.78 Å². The normalized spacial score (nSPS) is 18.8. The van der Waals surface area contributed by atoms with Gasteiger partial charge < -0.3 is 9.73 Å². The highest BCUT2D eigenvalue weighted by Crippen LogP contribution is 2.40. The van der Waals surface area contributed by atoms with Crippen molar-refractivity contribution < 1.29 is 9.21 Å². The number of nitrogens with one attached hydrogen (secondary N) is 1. The first-order valence-electron chi connectivity index (χ1n) is 9.09. The first kappa shape index (κ1) is 17.1. The van der Waals surface area contributed by atoms with E-state index < -0.39 is 0 Å². The first-order chi connectivity index (χ1) is 13.2. The van der Waals surface area contributed by atoms with E-state index in [1.807, 2.05) is 67.6 Å². The van der Waals surface area contributed by atoms with Crippen LogP contribution in [0.3, 0.4) is 0 Å². The highest BCUT2D eigenvalue weighted by molar-refractivity contribution is 6.11. The molecular formula is C24H21NO2. The van der Waals surface area contributed by atoms with Gasteiger partial charge >= 0.3 is 0 Å². The Balaban J connectivity index is 1.77. The number of ketones is 1. The summed E-state index contributed by atoms with van der Waals surface area (Å²) in [6.45, 7) is 1.97. The van der Waals surface area contributed by atoms with E-state index in [4.69, 9.17) is 4.42 Å². The molecule has 0 fully saturated rings. The number of carbonyl (C=O) groups excluding carboxylic acids is 1. The van der Waals surface area contributed by atoms with E-state index >= 15 is 0 Å². The minimum atomic E-state index is -0.0139. The molecule has 0 amide bonds. The Morgan fingerprint density at radius 3 is 2.33 bits per heavy atom. The third-order valence-electron chi connectivity index (χ3n) is 4.89. The second kappa shape index (κ2) is 7.50. The lowest BCUT2D eigenvalue weighted by atomic mass is 9.77. The lowest BCUT2D eigenvalue weighted by Gasteiger charge is -2.27. The molecule has 1 aromatic heterocycles. The van der Waals surface area contributed by atoms with Gasteiger partial charge in [-0.15, -0.1) is 0 Å². The highest BCUT2D eigenvalue weighted by atomic mass is 16.3. The van der Waals surface area contributed by atoms with Crippen molar-refractivity contribution in [2.24, 2.45) is 0 Å². The van der Waals surface area contributed by atoms with Gasteiger partial charge in [-0.1, -0.05) is 48.5 Å². The second-order valence-corrected chi connectivity index (χ2v) is 6.71. The van der Waals surface area contributed by atoms with Crippen LogP contribution in [0.4, 0.5) is 5.69 Å². The topological polar surface area (TPSA) is 42.2 Å². The Morgan fingerprint density at radius 2 is 1.67 bits per heavy atom. The van der Waals surface area contributed by atoms with E-state index in [1.54, 1.807) is 12.3 Å². The van der Waals surface area contributed by atoms with Crippen molar-refractivity contribution >= 4 is 17.0 Å². The number of allylic oxidation sites excluding steroid dienone is 4. The summed E-state index contributed by atoms with van der Waals surface area (Å²) in [5.74, 6) is 0.777. The standard InChI is InChI=1S/C24H21NO2/c1-17(25-20-11-6-3-7-12-20)24-21(18-9-4-2-5-10-18)15-19(16-22(24)26)23-13-8-14-27-23/h2-14,16,21,25H,15H2,1H3/b24-17+. The van der Waals surface area contributed by atoms with Crippen LogP contribution in [0, 0.1) is 0 Å². The molecule has 0 bridgehead atoms. The molecule has 1 N–H and O–H groups in total. The molecule has 3 aromatic rings. The van der Waals surface area contributed by atoms with Crippen molar-refractivity contribution in [3.63, 3.8) is 0 Å². The zero-order valence-electron chi connectivity index (χ0n) is 15.2. The molecule has 3 nitrogen and oxygen atoms in total. The van der Waals surface area contributed by atoms with Crippen LogP contribution in [0.15, 0.2) is 101 Å². The Morgan fingerprint density at radius 1 is 0.963 bits per heavy atom. The zero-order chi connectivity index (χ0) is 18.6. The van der Waals surface area contributed by atoms with Crippen LogP contribution in [0.2, 0.25) is 0 Å². The molecule has 0 spiro atoms. The molecule has 1 unspecified atom stereocenters. The van der Waals surface area contributed by atoms with E-state index in [9.17, 15) is 4.79 Å². The van der Waals surface area contributed by atoms with Gasteiger partial charge in [-0.25, -0.2) is 0 Å². The van der Waals surface area contributed by atoms with Gasteiger partial charge in [-0.05, 0) is 54.8 Å². The minimum Gasteiger partial charge on any atom is -0.465 e. The SMILES string of the molecule is C/C(Nc1ccccc1)=C1\C(=O)C=C(c2ccco2)CC1c1ccccc1. The van der Waals surface area contributed by atoms with Gasteiger partial charge in [-0.2, -0.15) is 0 Å². The maximum absolute atomic E-state index is 13.1. The predicted molar refractivity (Wildman–Crippen MR) is 108 cm³/mol. The van der Waals surface area contributed by atoms with Crippen LogP contribution in [-0.2, 0) is 4.79 Å². The van der Waals surface area contributed by atoms with Crippen molar-refractivity contribution in [1.29, 1.82) is 0 Å². The molecule has 2 aromatic carbocycles. The molecule has 4 rings (SSSR count). The molecule has 3 heteroatoms. The molecule has 27 heavy (non-hydrogen) atoms. The summed E-state index contributed by atoms with van der Waals surface area (Å²) in [7, 11) is 0. The van der Waals surface area contributed by atoms with E-state index in [2.05, 4.69) is 17.4 Å². The number of rotatable bonds is 4. The first-order valence-corrected chi connectivity index (χ1v) is 9.09. The molecule has 0 radical (unpaired) electrons. The van der Waals surface area contributed by atoms with Crippen LogP contribution >= 0.6 is 0 Å². The van der Waals surface area contributed by atoms with Crippen molar-refractivity contribution in [3.8, 4) is 0 Å². The van der Waals surface area contributed by atoms with Gasteiger partial charge in [0.25, 0.3) is 0 Å². The maximum atomic E-state index is 13.1. The summed E-state index contributed by atoms with van der Waals surface area (Å²) < 4.78 is 5.54. The largest absolute Gasteiger partial charge is 0.465 e. The number of carbonyl (C=O) groups is 1. The molecular weight excluding hydrogens is 334 g/mol. The van der Waals surface area contributed by atoms with Gasteiger partial charge in [0.15, 0.2) is 5.78 Å². The Labute approximate surface area is 159 Å². The van der Waals surface area contributed by atoms with Crippen molar-refractivity contribution in [2.75, 3.05) is 5.32 Å². The average molecular weight is 355 g/mol. The van der Waals surface area contributed by atoms with Crippen molar-refractivity contribution in [3.05, 3.63) is 108 Å². The summed E-state index contributed by atoms with van der Waals surface area (Å²) in [6, 6.07) is 23.9. The lowest BCUT2D eigenvalue weighted by Crippen LogP contribution is -2.20. The summed E-state index contributed by atoms with van der Waals surface area (Å²) in [4.78, 5) is 13.1. The fourth-order valence-electron chi connectivity index (χ4n) is 3.64. The quantitative estimate of drug-likeness (QED) is 0.601. The van der Waals surface area contributed by atoms with Crippen LogP contribution in [0.1, 0.15) is 30.6 Å². The van der Waals surface area contributed by atoms with Gasteiger partial charge in [-0.3, -0.25) is 4.79 Å². The number of hydrogen-bond acceptors (Lipinski definition) is 3. The van der Waals surface area contributed by atoms with Gasteiger partial charge in [0.2, 0.25) is 0 Å². The molecule has 1 aliphatic carbocycles. The molecule has 1 atom stereocenters. The average Bonchev–Trinajstić information content (AvgIpc) is 3.23. The molecule has 0 saturated carbocycles. The summed E-state index contributed by atoms with van der Waals surface area (Å²) >= 11 is 0. The van der Waals surface area contributed by atoms with Gasteiger partial charge in [0.1, 0.15) is 5.76 Å². The third kappa shape index (κ3) is 3.63. The van der Waals surface area contributed by atoms with Gasteiger partial charge in [0, 0.05) is 22.9 Å². The smallest absolute Gasteiger partial charge is 0.184 e. The second-order valence-electron chi connectivity index (χ2n) is 6.71. The number of para-hydroxylation sites is 1. The van der Waals surface area contributed by atoms with E-state index in [1.165, 1.54) is 0 Å². The van der Waals surface area contributed by atoms with Crippen LogP contribution in [0.25, 0.3) is 5.57 Å². The van der Waals surface area contributed by atoms with E-state index in [0.29, 0.717) is 0 Å². The number of benzene rings is 2. The van der Waals surface area contributed by atoms with E-state index in [-0.39, 0.29) is 11.7 Å². The molecule has 0 aliphatic heterocycles. The monoisotopic (exact) mass is 355 g/mol. The zero-order valence-corrected chi connectivity index (χ0v) is 15.2. The fourth-order valence-corrected chi connectivity index (χ4v) is 3.64. The lowest BCUT2D eigenvalue weighted by molar-refractivity contribution is -0.111.